The SMILES string of the molecule is CS(=O)(=O)c1ccc(-c2noc(COC3CCN(c4ncccn4)CC3)n2)cc1. The van der Waals surface area contributed by atoms with Gasteiger partial charge in [0.2, 0.25) is 11.8 Å². The van der Waals surface area contributed by atoms with Gasteiger partial charge in [-0.05, 0) is 43.2 Å². The van der Waals surface area contributed by atoms with Crippen LogP contribution in [-0.2, 0) is 21.2 Å². The molecule has 1 aliphatic heterocycles. The lowest BCUT2D eigenvalue weighted by atomic mass is 10.1. The third-order valence-electron chi connectivity index (χ3n) is 4.73. The Labute approximate surface area is 168 Å². The summed E-state index contributed by atoms with van der Waals surface area (Å²) in [5.41, 5.74) is 0.684. The third-order valence-corrected chi connectivity index (χ3v) is 5.86. The Bertz CT molecular complexity index is 1050. The summed E-state index contributed by atoms with van der Waals surface area (Å²) in [4.78, 5) is 15.3. The highest BCUT2D eigenvalue weighted by atomic mass is 32.2. The van der Waals surface area contributed by atoms with E-state index >= 15 is 0 Å². The van der Waals surface area contributed by atoms with Gasteiger partial charge in [-0.3, -0.25) is 0 Å². The summed E-state index contributed by atoms with van der Waals surface area (Å²) in [7, 11) is -3.23. The number of hydrogen-bond acceptors (Lipinski definition) is 9. The Balaban J connectivity index is 1.30. The van der Waals surface area contributed by atoms with Gasteiger partial charge in [-0.15, -0.1) is 0 Å². The summed E-state index contributed by atoms with van der Waals surface area (Å²) in [6.07, 6.45) is 6.50. The van der Waals surface area contributed by atoms with Crippen LogP contribution in [0, 0.1) is 0 Å². The van der Waals surface area contributed by atoms with E-state index in [2.05, 4.69) is 25.0 Å². The zero-order valence-corrected chi connectivity index (χ0v) is 16.7. The van der Waals surface area contributed by atoms with Crippen LogP contribution >= 0.6 is 0 Å². The standard InChI is InChI=1S/C19H21N5O4S/c1-29(25,26)16-5-3-14(4-6-16)18-22-17(28-23-18)13-27-15-7-11-24(12-8-15)19-20-9-2-10-21-19/h2-6,9-10,15H,7-8,11-13H2,1H3. The summed E-state index contributed by atoms with van der Waals surface area (Å²) >= 11 is 0. The van der Waals surface area contributed by atoms with E-state index in [-0.39, 0.29) is 17.6 Å². The Morgan fingerprint density at radius 3 is 2.48 bits per heavy atom. The van der Waals surface area contributed by atoms with Crippen molar-refractivity contribution >= 4 is 15.8 Å². The molecule has 0 aliphatic carbocycles. The quantitative estimate of drug-likeness (QED) is 0.597. The first-order valence-corrected chi connectivity index (χ1v) is 11.1. The van der Waals surface area contributed by atoms with Gasteiger partial charge >= 0.3 is 0 Å². The highest BCUT2D eigenvalue weighted by Crippen LogP contribution is 2.21. The molecule has 0 spiro atoms. The van der Waals surface area contributed by atoms with E-state index in [4.69, 9.17) is 9.26 Å². The number of sulfone groups is 1. The molecule has 1 aromatic carbocycles. The van der Waals surface area contributed by atoms with E-state index in [1.54, 1.807) is 30.6 Å². The average Bonchev–Trinajstić information content (AvgIpc) is 3.22. The van der Waals surface area contributed by atoms with Crippen LogP contribution in [0.1, 0.15) is 18.7 Å². The molecule has 1 fully saturated rings. The molecule has 29 heavy (non-hydrogen) atoms. The lowest BCUT2D eigenvalue weighted by molar-refractivity contribution is 0.0119. The van der Waals surface area contributed by atoms with E-state index in [1.165, 1.54) is 18.4 Å². The number of anilines is 1. The molecule has 0 atom stereocenters. The second kappa shape index (κ2) is 8.26. The van der Waals surface area contributed by atoms with Crippen LogP contribution in [-0.4, -0.2) is 54.0 Å². The zero-order valence-electron chi connectivity index (χ0n) is 15.9. The average molecular weight is 415 g/mol. The third kappa shape index (κ3) is 4.77. The molecule has 9 nitrogen and oxygen atoms in total. The molecule has 0 saturated carbocycles. The smallest absolute Gasteiger partial charge is 0.252 e. The van der Waals surface area contributed by atoms with Crippen molar-refractivity contribution in [2.75, 3.05) is 24.2 Å². The number of hydrogen-bond donors (Lipinski definition) is 0. The highest BCUT2D eigenvalue weighted by Gasteiger charge is 2.22. The van der Waals surface area contributed by atoms with Crippen LogP contribution in [0.5, 0.6) is 0 Å². The Morgan fingerprint density at radius 1 is 1.14 bits per heavy atom. The van der Waals surface area contributed by atoms with Crippen molar-refractivity contribution in [1.29, 1.82) is 0 Å². The van der Waals surface area contributed by atoms with Gasteiger partial charge in [-0.1, -0.05) is 5.16 Å². The van der Waals surface area contributed by atoms with Gasteiger partial charge in [0.25, 0.3) is 5.89 Å². The Morgan fingerprint density at radius 2 is 1.83 bits per heavy atom. The minimum atomic E-state index is -3.23. The second-order valence-electron chi connectivity index (χ2n) is 6.85. The van der Waals surface area contributed by atoms with Gasteiger partial charge in [0, 0.05) is 37.3 Å². The molecule has 152 valence electrons. The van der Waals surface area contributed by atoms with Crippen LogP contribution in [0.25, 0.3) is 11.4 Å². The summed E-state index contributed by atoms with van der Waals surface area (Å²) < 4.78 is 34.3. The van der Waals surface area contributed by atoms with Crippen molar-refractivity contribution in [2.45, 2.75) is 30.4 Å². The normalized spacial score (nSPS) is 15.6. The number of aromatic nitrogens is 4. The van der Waals surface area contributed by atoms with Crippen LogP contribution < -0.4 is 4.90 Å². The fourth-order valence-electron chi connectivity index (χ4n) is 3.15. The first kappa shape index (κ1) is 19.5. The van der Waals surface area contributed by atoms with E-state index in [0.29, 0.717) is 17.3 Å². The van der Waals surface area contributed by atoms with Crippen LogP contribution in [0.15, 0.2) is 52.1 Å². The molecule has 0 bridgehead atoms. The minimum absolute atomic E-state index is 0.111. The number of rotatable bonds is 6. The molecule has 3 heterocycles. The number of piperidine rings is 1. The Kier molecular flexibility index (Phi) is 5.54. The summed E-state index contributed by atoms with van der Waals surface area (Å²) in [5.74, 6) is 1.54. The topological polar surface area (TPSA) is 111 Å². The Hall–Kier alpha value is -2.85. The van der Waals surface area contributed by atoms with E-state index in [0.717, 1.165) is 31.9 Å². The fraction of sp³-hybridized carbons (Fsp3) is 0.368. The first-order valence-electron chi connectivity index (χ1n) is 9.26. The molecule has 1 aliphatic rings. The monoisotopic (exact) mass is 415 g/mol. The largest absolute Gasteiger partial charge is 0.368 e. The van der Waals surface area contributed by atoms with Crippen molar-refractivity contribution < 1.29 is 17.7 Å². The first-order chi connectivity index (χ1) is 14.0. The maximum Gasteiger partial charge on any atom is 0.252 e. The predicted molar refractivity (Wildman–Crippen MR) is 105 cm³/mol. The molecule has 0 N–H and O–H groups in total. The molecule has 1 saturated heterocycles. The van der Waals surface area contributed by atoms with Gasteiger partial charge in [0.15, 0.2) is 9.84 Å². The van der Waals surface area contributed by atoms with Crippen LogP contribution in [0.3, 0.4) is 0 Å². The van der Waals surface area contributed by atoms with Crippen molar-refractivity contribution in [3.63, 3.8) is 0 Å². The molecule has 2 aromatic heterocycles. The maximum absolute atomic E-state index is 11.5. The van der Waals surface area contributed by atoms with Gasteiger partial charge in [0.05, 0.1) is 11.0 Å². The lowest BCUT2D eigenvalue weighted by Crippen LogP contribution is -2.37. The van der Waals surface area contributed by atoms with Gasteiger partial charge < -0.3 is 14.2 Å². The highest BCUT2D eigenvalue weighted by molar-refractivity contribution is 7.90. The minimum Gasteiger partial charge on any atom is -0.368 e. The molecule has 0 radical (unpaired) electrons. The van der Waals surface area contributed by atoms with Gasteiger partial charge in [-0.25, -0.2) is 18.4 Å². The van der Waals surface area contributed by atoms with Gasteiger partial charge in [0.1, 0.15) is 6.61 Å². The number of benzene rings is 1. The summed E-state index contributed by atoms with van der Waals surface area (Å²) in [5, 5.41) is 3.95. The van der Waals surface area contributed by atoms with Crippen LogP contribution in [0.2, 0.25) is 0 Å². The lowest BCUT2D eigenvalue weighted by Gasteiger charge is -2.31. The van der Waals surface area contributed by atoms with Crippen molar-refractivity contribution in [2.24, 2.45) is 0 Å². The molecule has 3 aromatic rings. The molecular weight excluding hydrogens is 394 g/mol. The fourth-order valence-corrected chi connectivity index (χ4v) is 3.78. The number of nitrogens with zero attached hydrogens (tertiary/aromatic N) is 5. The molecule has 10 heteroatoms. The van der Waals surface area contributed by atoms with Crippen molar-refractivity contribution in [3.8, 4) is 11.4 Å². The molecular formula is C19H21N5O4S. The summed E-state index contributed by atoms with van der Waals surface area (Å²) in [6.45, 7) is 1.90. The summed E-state index contributed by atoms with van der Waals surface area (Å²) in [6, 6.07) is 8.18. The van der Waals surface area contributed by atoms with E-state index in [1.807, 2.05) is 0 Å². The zero-order chi connectivity index (χ0) is 20.3. The molecule has 4 rings (SSSR count). The van der Waals surface area contributed by atoms with E-state index in [9.17, 15) is 8.42 Å². The van der Waals surface area contributed by atoms with Crippen LogP contribution in [0.4, 0.5) is 5.95 Å². The van der Waals surface area contributed by atoms with Crippen molar-refractivity contribution in [1.82, 2.24) is 20.1 Å². The second-order valence-corrected chi connectivity index (χ2v) is 8.87. The maximum atomic E-state index is 11.5. The molecule has 0 amide bonds. The van der Waals surface area contributed by atoms with E-state index < -0.39 is 9.84 Å². The van der Waals surface area contributed by atoms with Gasteiger partial charge in [-0.2, -0.15) is 4.98 Å². The molecule has 0 unspecified atom stereocenters. The van der Waals surface area contributed by atoms with Crippen molar-refractivity contribution in [3.05, 3.63) is 48.6 Å². The number of ether oxygens (including phenoxy) is 1. The predicted octanol–water partition coefficient (Wildman–Crippen LogP) is 2.12.